The minimum absolute atomic E-state index is 0.446. The van der Waals surface area contributed by atoms with Crippen LogP contribution in [0.15, 0.2) is 29.2 Å². The van der Waals surface area contributed by atoms with Gasteiger partial charge in [0.2, 0.25) is 0 Å². The predicted octanol–water partition coefficient (Wildman–Crippen LogP) is 5.43. The summed E-state index contributed by atoms with van der Waals surface area (Å²) in [6.07, 6.45) is 4.15. The quantitative estimate of drug-likeness (QED) is 0.742. The Labute approximate surface area is 127 Å². The van der Waals surface area contributed by atoms with Gasteiger partial charge in [0, 0.05) is 16.6 Å². The van der Waals surface area contributed by atoms with E-state index in [1.807, 2.05) is 11.8 Å². The highest BCUT2D eigenvalue weighted by atomic mass is 32.2. The van der Waals surface area contributed by atoms with Crippen LogP contribution in [0, 0.1) is 16.7 Å². The molecule has 2 fully saturated rings. The zero-order valence-corrected chi connectivity index (χ0v) is 14.0. The van der Waals surface area contributed by atoms with Crippen molar-refractivity contribution in [2.24, 2.45) is 16.7 Å². The van der Waals surface area contributed by atoms with E-state index in [4.69, 9.17) is 0 Å². The first-order valence-corrected chi connectivity index (χ1v) is 8.96. The molecule has 0 aromatic heterocycles. The molecule has 1 aromatic carbocycles. The van der Waals surface area contributed by atoms with Crippen molar-refractivity contribution >= 4 is 17.4 Å². The van der Waals surface area contributed by atoms with Gasteiger partial charge in [-0.15, -0.1) is 11.8 Å². The van der Waals surface area contributed by atoms with E-state index in [9.17, 15) is 0 Å². The molecule has 0 heterocycles. The van der Waals surface area contributed by atoms with Crippen molar-refractivity contribution in [3.8, 4) is 0 Å². The summed E-state index contributed by atoms with van der Waals surface area (Å²) < 4.78 is 0. The van der Waals surface area contributed by atoms with E-state index >= 15 is 0 Å². The fraction of sp³-hybridized carbons (Fsp3) is 0.667. The minimum Gasteiger partial charge on any atom is -0.381 e. The third-order valence-electron chi connectivity index (χ3n) is 6.31. The maximum atomic E-state index is 3.90. The Kier molecular flexibility index (Phi) is 3.56. The Hall–Kier alpha value is -0.630. The molecule has 2 bridgehead atoms. The number of benzene rings is 1. The maximum absolute atomic E-state index is 3.90. The number of fused-ring (bicyclic) bond motifs is 2. The van der Waals surface area contributed by atoms with Gasteiger partial charge in [-0.25, -0.2) is 0 Å². The Morgan fingerprint density at radius 3 is 2.60 bits per heavy atom. The Morgan fingerprint density at radius 1 is 1.25 bits per heavy atom. The van der Waals surface area contributed by atoms with E-state index < -0.39 is 0 Å². The second-order valence-corrected chi connectivity index (χ2v) is 8.54. The standard InChI is InChI=1S/C18H27NS/c1-5-20-15-9-7-6-8-14(15)19-16-12-13-10-11-18(16,4)17(13,2)3/h6-9,13,16,19H,5,10-12H2,1-4H3. The van der Waals surface area contributed by atoms with Crippen molar-refractivity contribution in [2.45, 2.75) is 57.9 Å². The van der Waals surface area contributed by atoms with Gasteiger partial charge in [-0.2, -0.15) is 0 Å². The molecule has 1 N–H and O–H groups in total. The summed E-state index contributed by atoms with van der Waals surface area (Å²) in [5.41, 5.74) is 2.27. The van der Waals surface area contributed by atoms with Gasteiger partial charge in [-0.05, 0) is 53.9 Å². The number of nitrogens with one attached hydrogen (secondary N) is 1. The molecule has 20 heavy (non-hydrogen) atoms. The van der Waals surface area contributed by atoms with Crippen LogP contribution in [-0.4, -0.2) is 11.8 Å². The molecule has 3 atom stereocenters. The summed E-state index contributed by atoms with van der Waals surface area (Å²) in [6, 6.07) is 9.44. The molecule has 0 spiro atoms. The zero-order chi connectivity index (χ0) is 14.4. The molecule has 2 aliphatic rings. The fourth-order valence-corrected chi connectivity index (χ4v) is 5.25. The molecule has 3 rings (SSSR count). The summed E-state index contributed by atoms with van der Waals surface area (Å²) in [5.74, 6) is 2.03. The fourth-order valence-electron chi connectivity index (χ4n) is 4.48. The van der Waals surface area contributed by atoms with Crippen molar-refractivity contribution < 1.29 is 0 Å². The van der Waals surface area contributed by atoms with Crippen LogP contribution in [0.2, 0.25) is 0 Å². The van der Waals surface area contributed by atoms with E-state index in [1.165, 1.54) is 29.8 Å². The molecule has 0 radical (unpaired) electrons. The number of hydrogen-bond donors (Lipinski definition) is 1. The lowest BCUT2D eigenvalue weighted by molar-refractivity contribution is 0.142. The van der Waals surface area contributed by atoms with E-state index in [0.29, 0.717) is 16.9 Å². The van der Waals surface area contributed by atoms with Crippen LogP contribution in [-0.2, 0) is 0 Å². The van der Waals surface area contributed by atoms with E-state index in [0.717, 1.165) is 11.7 Å². The molecular formula is C18H27NS. The zero-order valence-electron chi connectivity index (χ0n) is 13.2. The molecule has 2 saturated carbocycles. The molecule has 110 valence electrons. The Balaban J connectivity index is 1.83. The van der Waals surface area contributed by atoms with E-state index in [2.05, 4.69) is 57.3 Å². The predicted molar refractivity (Wildman–Crippen MR) is 89.5 cm³/mol. The lowest BCUT2D eigenvalue weighted by atomic mass is 9.69. The summed E-state index contributed by atoms with van der Waals surface area (Å²) in [5, 5.41) is 3.90. The molecule has 1 aromatic rings. The molecular weight excluding hydrogens is 262 g/mol. The van der Waals surface area contributed by atoms with Crippen LogP contribution in [0.25, 0.3) is 0 Å². The normalized spacial score (nSPS) is 34.4. The summed E-state index contributed by atoms with van der Waals surface area (Å²) in [7, 11) is 0. The first-order chi connectivity index (χ1) is 9.49. The number of para-hydroxylation sites is 1. The summed E-state index contributed by atoms with van der Waals surface area (Å²) in [4.78, 5) is 1.40. The lowest BCUT2D eigenvalue weighted by Gasteiger charge is -2.40. The first kappa shape index (κ1) is 14.3. The highest BCUT2D eigenvalue weighted by Crippen LogP contribution is 2.66. The number of thioether (sulfide) groups is 1. The molecule has 0 amide bonds. The topological polar surface area (TPSA) is 12.0 Å². The number of hydrogen-bond acceptors (Lipinski definition) is 2. The van der Waals surface area contributed by atoms with E-state index in [1.54, 1.807) is 0 Å². The van der Waals surface area contributed by atoms with Crippen LogP contribution >= 0.6 is 11.8 Å². The maximum Gasteiger partial charge on any atom is 0.0480 e. The van der Waals surface area contributed by atoms with Gasteiger partial charge in [0.25, 0.3) is 0 Å². The largest absolute Gasteiger partial charge is 0.381 e. The van der Waals surface area contributed by atoms with Gasteiger partial charge in [0.05, 0.1) is 0 Å². The highest BCUT2D eigenvalue weighted by Gasteiger charge is 2.61. The summed E-state index contributed by atoms with van der Waals surface area (Å²) >= 11 is 1.94. The van der Waals surface area contributed by atoms with Crippen LogP contribution in [0.3, 0.4) is 0 Å². The molecule has 3 unspecified atom stereocenters. The second kappa shape index (κ2) is 4.98. The highest BCUT2D eigenvalue weighted by molar-refractivity contribution is 7.99. The van der Waals surface area contributed by atoms with Crippen molar-refractivity contribution in [1.29, 1.82) is 0 Å². The lowest BCUT2D eigenvalue weighted by Crippen LogP contribution is -2.40. The third-order valence-corrected chi connectivity index (χ3v) is 7.27. The monoisotopic (exact) mass is 289 g/mol. The van der Waals surface area contributed by atoms with E-state index in [-0.39, 0.29) is 0 Å². The van der Waals surface area contributed by atoms with Gasteiger partial charge in [-0.3, -0.25) is 0 Å². The van der Waals surface area contributed by atoms with Crippen LogP contribution in [0.4, 0.5) is 5.69 Å². The van der Waals surface area contributed by atoms with Gasteiger partial charge in [-0.1, -0.05) is 39.8 Å². The van der Waals surface area contributed by atoms with Crippen molar-refractivity contribution in [3.63, 3.8) is 0 Å². The molecule has 0 saturated heterocycles. The average Bonchev–Trinajstić information content (AvgIpc) is 2.74. The minimum atomic E-state index is 0.446. The second-order valence-electron chi connectivity index (χ2n) is 7.24. The number of rotatable bonds is 4. The van der Waals surface area contributed by atoms with Gasteiger partial charge < -0.3 is 5.32 Å². The molecule has 1 nitrogen and oxygen atoms in total. The van der Waals surface area contributed by atoms with Crippen molar-refractivity contribution in [1.82, 2.24) is 0 Å². The molecule has 2 aliphatic carbocycles. The van der Waals surface area contributed by atoms with Crippen molar-refractivity contribution in [3.05, 3.63) is 24.3 Å². The van der Waals surface area contributed by atoms with Crippen molar-refractivity contribution in [2.75, 3.05) is 11.1 Å². The summed E-state index contributed by atoms with van der Waals surface area (Å²) in [6.45, 7) is 9.70. The molecule has 0 aliphatic heterocycles. The van der Waals surface area contributed by atoms with Gasteiger partial charge in [0.1, 0.15) is 0 Å². The molecule has 2 heteroatoms. The van der Waals surface area contributed by atoms with Crippen LogP contribution < -0.4 is 5.32 Å². The smallest absolute Gasteiger partial charge is 0.0480 e. The SMILES string of the molecule is CCSc1ccccc1NC1CC2CCC1(C)C2(C)C. The van der Waals surface area contributed by atoms with Crippen LogP contribution in [0.1, 0.15) is 47.0 Å². The Bertz CT molecular complexity index is 496. The van der Waals surface area contributed by atoms with Crippen LogP contribution in [0.5, 0.6) is 0 Å². The number of anilines is 1. The Morgan fingerprint density at radius 2 is 2.00 bits per heavy atom. The first-order valence-electron chi connectivity index (χ1n) is 7.97. The van der Waals surface area contributed by atoms with Gasteiger partial charge in [0.15, 0.2) is 0 Å². The average molecular weight is 289 g/mol. The van der Waals surface area contributed by atoms with Gasteiger partial charge >= 0.3 is 0 Å². The third kappa shape index (κ3) is 1.99.